The number of allylic oxidation sites excluding steroid dienone is 3. The molecule has 0 aromatic carbocycles. The Morgan fingerprint density at radius 3 is 2.12 bits per heavy atom. The molecule has 1 aromatic heterocycles. The van der Waals surface area contributed by atoms with E-state index < -0.39 is 0 Å². The van der Waals surface area contributed by atoms with Gasteiger partial charge in [0, 0.05) is 17.9 Å². The molecule has 0 spiro atoms. The van der Waals surface area contributed by atoms with Crippen molar-refractivity contribution < 1.29 is 4.79 Å². The molecule has 1 fully saturated rings. The lowest BCUT2D eigenvalue weighted by atomic mass is 9.86. The van der Waals surface area contributed by atoms with Crippen LogP contribution in [0.2, 0.25) is 0 Å². The third kappa shape index (κ3) is 6.62. The van der Waals surface area contributed by atoms with Crippen LogP contribution in [-0.4, -0.2) is 34.7 Å². The molecule has 4 nitrogen and oxygen atoms in total. The van der Waals surface area contributed by atoms with Crippen LogP contribution in [0.15, 0.2) is 18.7 Å². The summed E-state index contributed by atoms with van der Waals surface area (Å²) in [6.07, 6.45) is 19.3. The highest BCUT2D eigenvalue weighted by Gasteiger charge is 2.37. The van der Waals surface area contributed by atoms with Gasteiger partial charge in [0.15, 0.2) is 11.6 Å². The first-order valence-corrected chi connectivity index (χ1v) is 13.4. The van der Waals surface area contributed by atoms with Crippen molar-refractivity contribution in [3.8, 4) is 0 Å². The first kappa shape index (κ1) is 25.8. The first-order chi connectivity index (χ1) is 16.0. The summed E-state index contributed by atoms with van der Waals surface area (Å²) in [5.74, 6) is 1.92. The summed E-state index contributed by atoms with van der Waals surface area (Å²) in [7, 11) is 4.35. The zero-order valence-corrected chi connectivity index (χ0v) is 21.5. The van der Waals surface area contributed by atoms with E-state index in [2.05, 4.69) is 39.4 Å². The largest absolute Gasteiger partial charge is 0.301 e. The van der Waals surface area contributed by atoms with Crippen LogP contribution in [-0.2, 0) is 4.79 Å². The van der Waals surface area contributed by atoms with Crippen molar-refractivity contribution in [1.29, 1.82) is 0 Å². The van der Waals surface area contributed by atoms with Gasteiger partial charge in [-0.15, -0.1) is 0 Å². The number of hydrogen-bond acceptors (Lipinski definition) is 4. The second-order valence-corrected chi connectivity index (χ2v) is 10.4. The van der Waals surface area contributed by atoms with E-state index in [4.69, 9.17) is 9.97 Å². The van der Waals surface area contributed by atoms with Gasteiger partial charge < -0.3 is 4.90 Å². The predicted molar refractivity (Wildman–Crippen MR) is 138 cm³/mol. The summed E-state index contributed by atoms with van der Waals surface area (Å²) in [6, 6.07) is 0.343. The van der Waals surface area contributed by atoms with Gasteiger partial charge in [-0.25, -0.2) is 9.97 Å². The zero-order chi connectivity index (χ0) is 23.8. The van der Waals surface area contributed by atoms with Crippen molar-refractivity contribution >= 4 is 11.4 Å². The van der Waals surface area contributed by atoms with Crippen LogP contribution in [0, 0.1) is 0 Å². The third-order valence-electron chi connectivity index (χ3n) is 7.78. The summed E-state index contributed by atoms with van der Waals surface area (Å²) in [5.41, 5.74) is 5.02. The van der Waals surface area contributed by atoms with Crippen LogP contribution in [0.25, 0.3) is 5.57 Å². The Balaban J connectivity index is 2.05. The molecular formula is C29H45N3O. The molecule has 0 bridgehead atoms. The molecule has 0 radical (unpaired) electrons. The molecule has 1 aromatic rings. The molecule has 0 saturated heterocycles. The third-order valence-corrected chi connectivity index (χ3v) is 7.78. The van der Waals surface area contributed by atoms with Crippen molar-refractivity contribution in [2.24, 2.45) is 0 Å². The number of carbonyl (C=O) groups excluding carboxylic acids is 1. The molecule has 2 atom stereocenters. The fourth-order valence-electron chi connectivity index (χ4n) is 5.68. The maximum atomic E-state index is 11.8. The minimum absolute atomic E-state index is 0.0383. The topological polar surface area (TPSA) is 46.1 Å². The van der Waals surface area contributed by atoms with Crippen LogP contribution >= 0.6 is 0 Å². The van der Waals surface area contributed by atoms with Crippen LogP contribution in [0.3, 0.4) is 0 Å². The lowest BCUT2D eigenvalue weighted by molar-refractivity contribution is -0.113. The van der Waals surface area contributed by atoms with E-state index in [0.29, 0.717) is 24.3 Å². The molecule has 3 rings (SSSR count). The molecule has 0 amide bonds. The van der Waals surface area contributed by atoms with Crippen molar-refractivity contribution in [2.75, 3.05) is 14.1 Å². The molecule has 1 saturated carbocycles. The van der Waals surface area contributed by atoms with Gasteiger partial charge >= 0.3 is 0 Å². The minimum atomic E-state index is 0.0383. The van der Waals surface area contributed by atoms with Gasteiger partial charge in [-0.1, -0.05) is 70.9 Å². The van der Waals surface area contributed by atoms with Gasteiger partial charge in [-0.3, -0.25) is 4.79 Å². The highest BCUT2D eigenvalue weighted by molar-refractivity contribution is 5.91. The normalized spacial score (nSPS) is 23.2. The maximum absolute atomic E-state index is 11.8. The smallest absolute Gasteiger partial charge is 0.158 e. The molecule has 1 heterocycles. The van der Waals surface area contributed by atoms with Gasteiger partial charge in [-0.2, -0.15) is 0 Å². The molecule has 2 aliphatic rings. The van der Waals surface area contributed by atoms with Gasteiger partial charge in [0.05, 0.1) is 17.4 Å². The lowest BCUT2D eigenvalue weighted by Gasteiger charge is -2.23. The van der Waals surface area contributed by atoms with Gasteiger partial charge in [0.1, 0.15) is 0 Å². The molecule has 33 heavy (non-hydrogen) atoms. The molecule has 182 valence electrons. The van der Waals surface area contributed by atoms with E-state index in [9.17, 15) is 4.79 Å². The average molecular weight is 452 g/mol. The number of carbonyl (C=O) groups is 1. The standard InChI is InChI=1S/C29H45N3O/c1-6-22-20-25(32(4)5)28-26(22)27(23-16-14-12-10-8-9-11-13-15-17-23)30-29(31-28)21(3)18-19-24(33)7-2/h7,18,22-23,25H,2,6,8-17,19-20H2,1,3-5H3/b21-18+. The first-order valence-electron chi connectivity index (χ1n) is 13.4. The van der Waals surface area contributed by atoms with E-state index in [-0.39, 0.29) is 5.78 Å². The van der Waals surface area contributed by atoms with E-state index >= 15 is 0 Å². The van der Waals surface area contributed by atoms with E-state index in [1.165, 1.54) is 87.2 Å². The second kappa shape index (κ2) is 12.6. The summed E-state index contributed by atoms with van der Waals surface area (Å²) >= 11 is 0. The van der Waals surface area contributed by atoms with Crippen LogP contribution in [0.1, 0.15) is 138 Å². The highest BCUT2D eigenvalue weighted by atomic mass is 16.1. The summed E-state index contributed by atoms with van der Waals surface area (Å²) in [5, 5.41) is 0. The lowest BCUT2D eigenvalue weighted by Crippen LogP contribution is -2.20. The van der Waals surface area contributed by atoms with Crippen molar-refractivity contribution in [2.45, 2.75) is 115 Å². The SMILES string of the molecule is C=CC(=O)C/C=C(\C)c1nc(C2CCCCCCCCCC2)c2c(n1)C(N(C)C)CC2CC. The quantitative estimate of drug-likeness (QED) is 0.402. The fourth-order valence-corrected chi connectivity index (χ4v) is 5.68. The molecule has 0 N–H and O–H groups in total. The summed E-state index contributed by atoms with van der Waals surface area (Å²) in [6.45, 7) is 7.97. The monoisotopic (exact) mass is 451 g/mol. The predicted octanol–water partition coefficient (Wildman–Crippen LogP) is 7.52. The number of hydrogen-bond donors (Lipinski definition) is 0. The number of nitrogens with zero attached hydrogens (tertiary/aromatic N) is 3. The highest BCUT2D eigenvalue weighted by Crippen LogP contribution is 2.47. The van der Waals surface area contributed by atoms with Gasteiger partial charge in [0.2, 0.25) is 0 Å². The molecule has 4 heteroatoms. The van der Waals surface area contributed by atoms with Crippen molar-refractivity contribution in [3.05, 3.63) is 41.5 Å². The Bertz CT molecular complexity index is 830. The fraction of sp³-hybridized carbons (Fsp3) is 0.690. The molecule has 2 aliphatic carbocycles. The van der Waals surface area contributed by atoms with Crippen LogP contribution in [0.5, 0.6) is 0 Å². The van der Waals surface area contributed by atoms with Crippen LogP contribution < -0.4 is 0 Å². The van der Waals surface area contributed by atoms with E-state index in [0.717, 1.165) is 24.2 Å². The molecule has 0 aliphatic heterocycles. The Morgan fingerprint density at radius 2 is 1.58 bits per heavy atom. The number of fused-ring (bicyclic) bond motifs is 1. The van der Waals surface area contributed by atoms with Crippen molar-refractivity contribution in [3.63, 3.8) is 0 Å². The summed E-state index contributed by atoms with van der Waals surface area (Å²) in [4.78, 5) is 24.6. The van der Waals surface area contributed by atoms with Gasteiger partial charge in [-0.05, 0) is 64.3 Å². The van der Waals surface area contributed by atoms with Gasteiger partial charge in [0.25, 0.3) is 0 Å². The average Bonchev–Trinajstić information content (AvgIpc) is 3.17. The van der Waals surface area contributed by atoms with Crippen molar-refractivity contribution in [1.82, 2.24) is 14.9 Å². The summed E-state index contributed by atoms with van der Waals surface area (Å²) < 4.78 is 0. The Labute approximate surface area is 202 Å². The maximum Gasteiger partial charge on any atom is 0.158 e. The minimum Gasteiger partial charge on any atom is -0.301 e. The van der Waals surface area contributed by atoms with E-state index in [1.54, 1.807) is 0 Å². The number of ketones is 1. The molecule has 2 unspecified atom stereocenters. The van der Waals surface area contributed by atoms with Crippen LogP contribution in [0.4, 0.5) is 0 Å². The zero-order valence-electron chi connectivity index (χ0n) is 21.5. The van der Waals surface area contributed by atoms with E-state index in [1.807, 2.05) is 6.08 Å². The Morgan fingerprint density at radius 1 is 1.00 bits per heavy atom. The Kier molecular flexibility index (Phi) is 9.85. The molecular weight excluding hydrogens is 406 g/mol. The number of aromatic nitrogens is 2. The second-order valence-electron chi connectivity index (χ2n) is 10.4. The Hall–Kier alpha value is -1.81. The number of rotatable bonds is 7.